The first-order chi connectivity index (χ1) is 13.1. The molecular weight excluding hydrogens is 386 g/mol. The molecule has 1 aliphatic heterocycles. The predicted molar refractivity (Wildman–Crippen MR) is 102 cm³/mol. The Morgan fingerprint density at radius 3 is 2.85 bits per heavy atom. The van der Waals surface area contributed by atoms with Gasteiger partial charge in [-0.25, -0.2) is 0 Å². The van der Waals surface area contributed by atoms with E-state index in [0.29, 0.717) is 23.4 Å². The molecule has 0 spiro atoms. The van der Waals surface area contributed by atoms with Gasteiger partial charge in [0.2, 0.25) is 5.91 Å². The standard InChI is InChI=1S/C18H16ClN5O2S/c19-13-4-3-11(24-9-20-21-10-24)8-12(13)18(26)22-14-5-6-16(25)23-17(14)15-2-1-7-27-15/h1-4,7-10,14,17H,5-6H2,(H,22,26)(H,23,25)/t14-,17-/m1/s1. The van der Waals surface area contributed by atoms with Crippen LogP contribution in [0.25, 0.3) is 5.69 Å². The lowest BCUT2D eigenvalue weighted by molar-refractivity contribution is -0.123. The summed E-state index contributed by atoms with van der Waals surface area (Å²) in [5.41, 5.74) is 1.10. The SMILES string of the molecule is O=C1CC[C@@H](NC(=O)c2cc(-n3cnnc3)ccc2Cl)[C@H](c2cccs2)N1. The molecule has 3 aromatic rings. The first-order valence-corrected chi connectivity index (χ1v) is 9.66. The molecule has 0 radical (unpaired) electrons. The van der Waals surface area contributed by atoms with Crippen LogP contribution in [0.4, 0.5) is 0 Å². The van der Waals surface area contributed by atoms with E-state index in [1.54, 1.807) is 46.8 Å². The third kappa shape index (κ3) is 3.72. The predicted octanol–water partition coefficient (Wildman–Crippen LogP) is 2.73. The van der Waals surface area contributed by atoms with Crippen LogP contribution in [0.15, 0.2) is 48.4 Å². The fourth-order valence-corrected chi connectivity index (χ4v) is 4.17. The van der Waals surface area contributed by atoms with Gasteiger partial charge in [0.15, 0.2) is 0 Å². The number of nitrogens with zero attached hydrogens (tertiary/aromatic N) is 3. The highest BCUT2D eigenvalue weighted by molar-refractivity contribution is 7.10. The molecule has 3 heterocycles. The molecule has 4 rings (SSSR count). The number of nitrogens with one attached hydrogen (secondary N) is 2. The number of hydrogen-bond acceptors (Lipinski definition) is 5. The van der Waals surface area contributed by atoms with Crippen molar-refractivity contribution in [2.24, 2.45) is 0 Å². The smallest absolute Gasteiger partial charge is 0.253 e. The van der Waals surface area contributed by atoms with E-state index in [1.165, 1.54) is 0 Å². The third-order valence-electron chi connectivity index (χ3n) is 4.48. The zero-order chi connectivity index (χ0) is 18.8. The van der Waals surface area contributed by atoms with Gasteiger partial charge in [-0.15, -0.1) is 21.5 Å². The molecule has 0 bridgehead atoms. The average molecular weight is 402 g/mol. The van der Waals surface area contributed by atoms with Gasteiger partial charge in [-0.05, 0) is 36.1 Å². The van der Waals surface area contributed by atoms with Crippen LogP contribution in [0, 0.1) is 0 Å². The second-order valence-corrected chi connectivity index (χ2v) is 7.60. The molecule has 1 fully saturated rings. The summed E-state index contributed by atoms with van der Waals surface area (Å²) in [5, 5.41) is 15.9. The Bertz CT molecular complexity index is 958. The first-order valence-electron chi connectivity index (χ1n) is 8.40. The number of benzene rings is 1. The minimum Gasteiger partial charge on any atom is -0.347 e. The van der Waals surface area contributed by atoms with Crippen LogP contribution in [0.1, 0.15) is 34.1 Å². The number of piperidine rings is 1. The van der Waals surface area contributed by atoms with Crippen LogP contribution in [-0.4, -0.2) is 32.6 Å². The molecule has 1 saturated heterocycles. The largest absolute Gasteiger partial charge is 0.347 e. The zero-order valence-corrected chi connectivity index (χ0v) is 15.7. The van der Waals surface area contributed by atoms with Crippen molar-refractivity contribution in [2.45, 2.75) is 24.9 Å². The summed E-state index contributed by atoms with van der Waals surface area (Å²) >= 11 is 7.81. The quantitative estimate of drug-likeness (QED) is 0.703. The summed E-state index contributed by atoms with van der Waals surface area (Å²) in [6.07, 6.45) is 4.05. The first kappa shape index (κ1) is 17.7. The molecule has 138 valence electrons. The second-order valence-electron chi connectivity index (χ2n) is 6.21. The van der Waals surface area contributed by atoms with Crippen molar-refractivity contribution in [1.29, 1.82) is 0 Å². The highest BCUT2D eigenvalue weighted by atomic mass is 35.5. The van der Waals surface area contributed by atoms with Crippen LogP contribution in [-0.2, 0) is 4.79 Å². The van der Waals surface area contributed by atoms with Crippen LogP contribution >= 0.6 is 22.9 Å². The monoisotopic (exact) mass is 401 g/mol. The summed E-state index contributed by atoms with van der Waals surface area (Å²) in [4.78, 5) is 25.8. The maximum Gasteiger partial charge on any atom is 0.253 e. The topological polar surface area (TPSA) is 88.9 Å². The maximum atomic E-state index is 12.9. The van der Waals surface area contributed by atoms with Gasteiger partial charge in [0.25, 0.3) is 5.91 Å². The van der Waals surface area contributed by atoms with Gasteiger partial charge in [0, 0.05) is 17.0 Å². The number of rotatable bonds is 4. The minimum absolute atomic E-state index is 0.00784. The molecule has 7 nitrogen and oxygen atoms in total. The summed E-state index contributed by atoms with van der Waals surface area (Å²) < 4.78 is 1.70. The summed E-state index contributed by atoms with van der Waals surface area (Å²) in [5.74, 6) is -0.288. The number of aromatic nitrogens is 3. The van der Waals surface area contributed by atoms with E-state index >= 15 is 0 Å². The van der Waals surface area contributed by atoms with Crippen molar-refractivity contribution >= 4 is 34.8 Å². The molecule has 0 saturated carbocycles. The summed E-state index contributed by atoms with van der Waals surface area (Å²) in [6, 6.07) is 8.60. The van der Waals surface area contributed by atoms with Crippen molar-refractivity contribution in [1.82, 2.24) is 25.4 Å². The van der Waals surface area contributed by atoms with Crippen LogP contribution in [0.3, 0.4) is 0 Å². The van der Waals surface area contributed by atoms with E-state index in [1.807, 2.05) is 17.5 Å². The van der Waals surface area contributed by atoms with Crippen molar-refractivity contribution < 1.29 is 9.59 Å². The summed E-state index contributed by atoms with van der Waals surface area (Å²) in [6.45, 7) is 0. The third-order valence-corrected chi connectivity index (χ3v) is 5.76. The Morgan fingerprint density at radius 1 is 1.30 bits per heavy atom. The summed E-state index contributed by atoms with van der Waals surface area (Å²) in [7, 11) is 0. The number of halogens is 1. The fourth-order valence-electron chi connectivity index (χ4n) is 3.12. The molecule has 1 aliphatic rings. The second kappa shape index (κ2) is 7.50. The van der Waals surface area contributed by atoms with E-state index in [-0.39, 0.29) is 23.9 Å². The van der Waals surface area contributed by atoms with E-state index < -0.39 is 0 Å². The molecular formula is C18H16ClN5O2S. The lowest BCUT2D eigenvalue weighted by Gasteiger charge is -2.32. The molecule has 0 unspecified atom stereocenters. The van der Waals surface area contributed by atoms with Crippen molar-refractivity contribution in [2.75, 3.05) is 0 Å². The molecule has 0 aliphatic carbocycles. The lowest BCUT2D eigenvalue weighted by Crippen LogP contribution is -2.49. The fraction of sp³-hybridized carbons (Fsp3) is 0.222. The van der Waals surface area contributed by atoms with Gasteiger partial charge in [0.05, 0.1) is 22.7 Å². The Labute approximate surface area is 164 Å². The van der Waals surface area contributed by atoms with Gasteiger partial charge < -0.3 is 10.6 Å². The molecule has 27 heavy (non-hydrogen) atoms. The Balaban J connectivity index is 1.58. The molecule has 9 heteroatoms. The molecule has 2 N–H and O–H groups in total. The van der Waals surface area contributed by atoms with Crippen molar-refractivity contribution in [3.63, 3.8) is 0 Å². The van der Waals surface area contributed by atoms with Crippen LogP contribution in [0.5, 0.6) is 0 Å². The van der Waals surface area contributed by atoms with Crippen LogP contribution in [0.2, 0.25) is 5.02 Å². The van der Waals surface area contributed by atoms with Gasteiger partial charge in [-0.3, -0.25) is 14.2 Å². The van der Waals surface area contributed by atoms with Gasteiger partial charge in [0.1, 0.15) is 12.7 Å². The Morgan fingerprint density at radius 2 is 2.11 bits per heavy atom. The van der Waals surface area contributed by atoms with Gasteiger partial charge >= 0.3 is 0 Å². The van der Waals surface area contributed by atoms with Gasteiger partial charge in [-0.2, -0.15) is 0 Å². The van der Waals surface area contributed by atoms with E-state index in [4.69, 9.17) is 11.6 Å². The van der Waals surface area contributed by atoms with Crippen molar-refractivity contribution in [3.8, 4) is 5.69 Å². The minimum atomic E-state index is -0.280. The highest BCUT2D eigenvalue weighted by Crippen LogP contribution is 2.28. The lowest BCUT2D eigenvalue weighted by atomic mass is 9.96. The van der Waals surface area contributed by atoms with E-state index in [9.17, 15) is 9.59 Å². The number of carbonyl (C=O) groups is 2. The normalized spacial score (nSPS) is 19.5. The highest BCUT2D eigenvalue weighted by Gasteiger charge is 2.32. The molecule has 2 atom stereocenters. The number of carbonyl (C=O) groups excluding carboxylic acids is 2. The molecule has 2 amide bonds. The Kier molecular flexibility index (Phi) is 4.91. The van der Waals surface area contributed by atoms with E-state index in [0.717, 1.165) is 10.6 Å². The Hall–Kier alpha value is -2.71. The average Bonchev–Trinajstić information content (AvgIpc) is 3.37. The van der Waals surface area contributed by atoms with Crippen molar-refractivity contribution in [3.05, 3.63) is 63.8 Å². The number of hydrogen-bond donors (Lipinski definition) is 2. The van der Waals surface area contributed by atoms with E-state index in [2.05, 4.69) is 20.8 Å². The number of amides is 2. The number of thiophene rings is 1. The van der Waals surface area contributed by atoms with Crippen LogP contribution < -0.4 is 10.6 Å². The maximum absolute atomic E-state index is 12.9. The molecule has 2 aromatic heterocycles. The van der Waals surface area contributed by atoms with Gasteiger partial charge in [-0.1, -0.05) is 17.7 Å². The molecule has 1 aromatic carbocycles. The zero-order valence-electron chi connectivity index (χ0n) is 14.1.